The summed E-state index contributed by atoms with van der Waals surface area (Å²) in [4.78, 5) is 25.9. The lowest BCUT2D eigenvalue weighted by atomic mass is 9.94. The maximum atomic E-state index is 13.0. The first-order chi connectivity index (χ1) is 15.5. The standard InChI is InChI=1S/C29H32O4/c1-16(2)23-14-15-26(22(8)21(23)7)32-28(30)24-12-13-25(20(6)19(24)5)29(31)33-27-17(3)10-9-11-18(27)4/h9-16H,1-8H3. The smallest absolute Gasteiger partial charge is 0.343 e. The number of carbonyl (C=O) groups is 2. The van der Waals surface area contributed by atoms with Crippen molar-refractivity contribution in [2.75, 3.05) is 0 Å². The quantitative estimate of drug-likeness (QED) is 0.311. The number of carbonyl (C=O) groups excluding carboxylic acids is 2. The van der Waals surface area contributed by atoms with Gasteiger partial charge in [0.15, 0.2) is 0 Å². The zero-order valence-electron chi connectivity index (χ0n) is 20.8. The van der Waals surface area contributed by atoms with Gasteiger partial charge in [-0.3, -0.25) is 0 Å². The molecule has 4 heteroatoms. The average molecular weight is 445 g/mol. The summed E-state index contributed by atoms with van der Waals surface area (Å²) in [5.74, 6) is 0.638. The van der Waals surface area contributed by atoms with E-state index < -0.39 is 11.9 Å². The summed E-state index contributed by atoms with van der Waals surface area (Å²) in [6.07, 6.45) is 0. The Morgan fingerprint density at radius 1 is 0.636 bits per heavy atom. The molecule has 4 nitrogen and oxygen atoms in total. The van der Waals surface area contributed by atoms with Crippen LogP contribution in [0.3, 0.4) is 0 Å². The second kappa shape index (κ2) is 9.62. The van der Waals surface area contributed by atoms with Crippen LogP contribution in [0.4, 0.5) is 0 Å². The lowest BCUT2D eigenvalue weighted by Gasteiger charge is -2.17. The van der Waals surface area contributed by atoms with Crippen LogP contribution in [-0.2, 0) is 0 Å². The summed E-state index contributed by atoms with van der Waals surface area (Å²) >= 11 is 0. The van der Waals surface area contributed by atoms with Crippen LogP contribution in [0.5, 0.6) is 11.5 Å². The average Bonchev–Trinajstić information content (AvgIpc) is 2.75. The fourth-order valence-corrected chi connectivity index (χ4v) is 4.08. The van der Waals surface area contributed by atoms with Crippen molar-refractivity contribution in [3.8, 4) is 11.5 Å². The Labute approximate surface area is 196 Å². The van der Waals surface area contributed by atoms with Crippen molar-refractivity contribution in [3.05, 3.63) is 92.5 Å². The van der Waals surface area contributed by atoms with Crippen LogP contribution >= 0.6 is 0 Å². The van der Waals surface area contributed by atoms with Crippen LogP contribution in [0.1, 0.15) is 79.4 Å². The fraction of sp³-hybridized carbons (Fsp3) is 0.310. The Kier molecular flexibility index (Phi) is 7.06. The van der Waals surface area contributed by atoms with Gasteiger partial charge in [0.1, 0.15) is 11.5 Å². The summed E-state index contributed by atoms with van der Waals surface area (Å²) in [6.45, 7) is 15.8. The molecular formula is C29H32O4. The van der Waals surface area contributed by atoms with Gasteiger partial charge >= 0.3 is 11.9 Å². The number of hydrogen-bond donors (Lipinski definition) is 0. The van der Waals surface area contributed by atoms with E-state index in [1.54, 1.807) is 12.1 Å². The molecule has 0 saturated carbocycles. The van der Waals surface area contributed by atoms with Gasteiger partial charge in [0, 0.05) is 0 Å². The maximum Gasteiger partial charge on any atom is 0.343 e. The molecule has 0 atom stereocenters. The van der Waals surface area contributed by atoms with Gasteiger partial charge in [-0.05, 0) is 105 Å². The summed E-state index contributed by atoms with van der Waals surface area (Å²) in [5.41, 5.74) is 7.38. The predicted octanol–water partition coefficient (Wildman–Crippen LogP) is 7.10. The van der Waals surface area contributed by atoms with Gasteiger partial charge < -0.3 is 9.47 Å². The molecule has 0 saturated heterocycles. The van der Waals surface area contributed by atoms with Gasteiger partial charge in [-0.2, -0.15) is 0 Å². The molecule has 0 spiro atoms. The van der Waals surface area contributed by atoms with Crippen molar-refractivity contribution in [3.63, 3.8) is 0 Å². The van der Waals surface area contributed by atoms with Gasteiger partial charge in [0.25, 0.3) is 0 Å². The van der Waals surface area contributed by atoms with Gasteiger partial charge in [-0.1, -0.05) is 38.1 Å². The number of hydrogen-bond acceptors (Lipinski definition) is 4. The molecule has 0 N–H and O–H groups in total. The van der Waals surface area contributed by atoms with Crippen LogP contribution in [-0.4, -0.2) is 11.9 Å². The van der Waals surface area contributed by atoms with Crippen LogP contribution in [0.15, 0.2) is 42.5 Å². The SMILES string of the molecule is Cc1cccc(C)c1OC(=O)c1ccc(C(=O)Oc2ccc(C(C)C)c(C)c2C)c(C)c1C. The molecule has 172 valence electrons. The minimum atomic E-state index is -0.441. The Bertz CT molecular complexity index is 1210. The third kappa shape index (κ3) is 4.85. The molecule has 0 radical (unpaired) electrons. The van der Waals surface area contributed by atoms with E-state index in [-0.39, 0.29) is 0 Å². The van der Waals surface area contributed by atoms with Crippen molar-refractivity contribution in [1.82, 2.24) is 0 Å². The van der Waals surface area contributed by atoms with E-state index in [9.17, 15) is 9.59 Å². The van der Waals surface area contributed by atoms with Crippen LogP contribution < -0.4 is 9.47 Å². The molecule has 0 fully saturated rings. The molecule has 3 aromatic carbocycles. The van der Waals surface area contributed by atoms with E-state index >= 15 is 0 Å². The number of benzene rings is 3. The maximum absolute atomic E-state index is 13.0. The highest BCUT2D eigenvalue weighted by Gasteiger charge is 2.21. The van der Waals surface area contributed by atoms with E-state index in [0.29, 0.717) is 39.7 Å². The second-order valence-electron chi connectivity index (χ2n) is 8.97. The zero-order chi connectivity index (χ0) is 24.4. The van der Waals surface area contributed by atoms with Crippen molar-refractivity contribution < 1.29 is 19.1 Å². The number of para-hydroxylation sites is 1. The molecule has 3 rings (SSSR count). The van der Waals surface area contributed by atoms with Crippen LogP contribution in [0, 0.1) is 41.5 Å². The first kappa shape index (κ1) is 24.2. The van der Waals surface area contributed by atoms with Crippen molar-refractivity contribution in [1.29, 1.82) is 0 Å². The van der Waals surface area contributed by atoms with Crippen molar-refractivity contribution in [2.24, 2.45) is 0 Å². The molecule has 0 amide bonds. The number of rotatable bonds is 5. The van der Waals surface area contributed by atoms with Crippen molar-refractivity contribution >= 4 is 11.9 Å². The summed E-state index contributed by atoms with van der Waals surface area (Å²) in [7, 11) is 0. The Morgan fingerprint density at radius 2 is 1.15 bits per heavy atom. The zero-order valence-corrected chi connectivity index (χ0v) is 20.8. The normalized spacial score (nSPS) is 10.9. The number of ether oxygens (including phenoxy) is 2. The van der Waals surface area contributed by atoms with Gasteiger partial charge in [-0.15, -0.1) is 0 Å². The second-order valence-corrected chi connectivity index (χ2v) is 8.97. The lowest BCUT2D eigenvalue weighted by molar-refractivity contribution is 0.0717. The topological polar surface area (TPSA) is 52.6 Å². The van der Waals surface area contributed by atoms with Gasteiger partial charge in [-0.25, -0.2) is 9.59 Å². The van der Waals surface area contributed by atoms with E-state index in [0.717, 1.165) is 22.3 Å². The first-order valence-electron chi connectivity index (χ1n) is 11.2. The Morgan fingerprint density at radius 3 is 1.67 bits per heavy atom. The minimum Gasteiger partial charge on any atom is -0.423 e. The molecule has 3 aromatic rings. The fourth-order valence-electron chi connectivity index (χ4n) is 4.08. The number of esters is 2. The molecule has 0 heterocycles. The van der Waals surface area contributed by atoms with Gasteiger partial charge in [0.05, 0.1) is 11.1 Å². The predicted molar refractivity (Wildman–Crippen MR) is 132 cm³/mol. The molecule has 33 heavy (non-hydrogen) atoms. The molecule has 0 aliphatic heterocycles. The molecule has 0 aliphatic rings. The summed E-state index contributed by atoms with van der Waals surface area (Å²) in [5, 5.41) is 0. The highest BCUT2D eigenvalue weighted by Crippen LogP contribution is 2.30. The molecule has 0 bridgehead atoms. The van der Waals surface area contributed by atoms with E-state index in [1.807, 2.05) is 71.9 Å². The third-order valence-corrected chi connectivity index (χ3v) is 6.43. The monoisotopic (exact) mass is 444 g/mol. The van der Waals surface area contributed by atoms with Crippen LogP contribution in [0.2, 0.25) is 0 Å². The Balaban J connectivity index is 1.86. The van der Waals surface area contributed by atoms with E-state index in [4.69, 9.17) is 9.47 Å². The highest BCUT2D eigenvalue weighted by atomic mass is 16.5. The van der Waals surface area contributed by atoms with Crippen molar-refractivity contribution in [2.45, 2.75) is 61.3 Å². The van der Waals surface area contributed by atoms with Crippen LogP contribution in [0.25, 0.3) is 0 Å². The van der Waals surface area contributed by atoms with Gasteiger partial charge in [0.2, 0.25) is 0 Å². The molecular weight excluding hydrogens is 412 g/mol. The largest absolute Gasteiger partial charge is 0.423 e. The number of aryl methyl sites for hydroxylation is 2. The lowest BCUT2D eigenvalue weighted by Crippen LogP contribution is -2.16. The first-order valence-corrected chi connectivity index (χ1v) is 11.2. The van der Waals surface area contributed by atoms with E-state index in [1.165, 1.54) is 5.56 Å². The summed E-state index contributed by atoms with van der Waals surface area (Å²) < 4.78 is 11.5. The minimum absolute atomic E-state index is 0.397. The molecule has 0 aromatic heterocycles. The Hall–Kier alpha value is -3.40. The third-order valence-electron chi connectivity index (χ3n) is 6.43. The van der Waals surface area contributed by atoms with E-state index in [2.05, 4.69) is 13.8 Å². The molecule has 0 aliphatic carbocycles. The molecule has 0 unspecified atom stereocenters. The highest BCUT2D eigenvalue weighted by molar-refractivity contribution is 5.98. The summed E-state index contributed by atoms with van der Waals surface area (Å²) in [6, 6.07) is 12.9.